The third-order valence-corrected chi connectivity index (χ3v) is 3.69. The molecule has 4 heteroatoms. The van der Waals surface area contributed by atoms with E-state index < -0.39 is 0 Å². The van der Waals surface area contributed by atoms with E-state index in [2.05, 4.69) is 0 Å². The molecular formula is C14H13FO2S. The Hall–Kier alpha value is -1.68. The number of rotatable bonds is 4. The molecule has 2 rings (SSSR count). The standard InChI is InChI=1S/C14H13FO2S/c1-9-5-11(15)4-3-10(9)6-13(16)14-7-12(17-2)8-18-14/h3-5,7-8H,6H2,1-2H3. The number of ether oxygens (including phenoxy) is 1. The zero-order chi connectivity index (χ0) is 13.1. The Labute approximate surface area is 109 Å². The average Bonchev–Trinajstić information content (AvgIpc) is 2.81. The van der Waals surface area contributed by atoms with E-state index in [1.165, 1.54) is 23.5 Å². The van der Waals surface area contributed by atoms with E-state index in [4.69, 9.17) is 4.74 Å². The quantitative estimate of drug-likeness (QED) is 0.788. The lowest BCUT2D eigenvalue weighted by molar-refractivity contribution is 0.0996. The van der Waals surface area contributed by atoms with Crippen molar-refractivity contribution in [3.8, 4) is 5.75 Å². The molecule has 0 bridgehead atoms. The second kappa shape index (κ2) is 5.31. The van der Waals surface area contributed by atoms with Gasteiger partial charge >= 0.3 is 0 Å². The topological polar surface area (TPSA) is 26.3 Å². The van der Waals surface area contributed by atoms with Crippen LogP contribution in [0, 0.1) is 12.7 Å². The van der Waals surface area contributed by atoms with Crippen molar-refractivity contribution >= 4 is 17.1 Å². The summed E-state index contributed by atoms with van der Waals surface area (Å²) < 4.78 is 18.0. The van der Waals surface area contributed by atoms with E-state index in [0.717, 1.165) is 11.1 Å². The van der Waals surface area contributed by atoms with Crippen molar-refractivity contribution in [1.82, 2.24) is 0 Å². The summed E-state index contributed by atoms with van der Waals surface area (Å²) in [6.07, 6.45) is 0.287. The maximum atomic E-state index is 13.0. The number of methoxy groups -OCH3 is 1. The second-order valence-corrected chi connectivity index (χ2v) is 4.93. The highest BCUT2D eigenvalue weighted by Gasteiger charge is 2.12. The summed E-state index contributed by atoms with van der Waals surface area (Å²) in [5, 5.41) is 1.80. The Morgan fingerprint density at radius 2 is 2.17 bits per heavy atom. The molecule has 0 N–H and O–H groups in total. The van der Waals surface area contributed by atoms with E-state index in [1.54, 1.807) is 31.5 Å². The average molecular weight is 264 g/mol. The Kier molecular flexibility index (Phi) is 3.77. The van der Waals surface area contributed by atoms with Gasteiger partial charge in [0.2, 0.25) is 0 Å². The van der Waals surface area contributed by atoms with Crippen LogP contribution in [-0.2, 0) is 6.42 Å². The fourth-order valence-electron chi connectivity index (χ4n) is 1.69. The second-order valence-electron chi connectivity index (χ2n) is 4.02. The third kappa shape index (κ3) is 2.76. The van der Waals surface area contributed by atoms with Gasteiger partial charge in [0, 0.05) is 17.9 Å². The van der Waals surface area contributed by atoms with Gasteiger partial charge in [0.25, 0.3) is 0 Å². The first-order chi connectivity index (χ1) is 8.60. The number of aryl methyl sites for hydroxylation is 1. The number of thiophene rings is 1. The molecule has 0 saturated carbocycles. The SMILES string of the molecule is COc1csc(C(=O)Cc2ccc(F)cc2C)c1. The fourth-order valence-corrected chi connectivity index (χ4v) is 2.48. The monoisotopic (exact) mass is 264 g/mol. The molecule has 0 amide bonds. The molecule has 0 atom stereocenters. The Balaban J connectivity index is 2.16. The van der Waals surface area contributed by atoms with E-state index in [0.29, 0.717) is 10.6 Å². The molecule has 0 aliphatic heterocycles. The predicted octanol–water partition coefficient (Wildman–Crippen LogP) is 3.63. The first-order valence-electron chi connectivity index (χ1n) is 5.51. The van der Waals surface area contributed by atoms with E-state index in [1.807, 2.05) is 0 Å². The molecule has 2 nitrogen and oxygen atoms in total. The molecule has 0 unspecified atom stereocenters. The third-order valence-electron chi connectivity index (χ3n) is 2.74. The summed E-state index contributed by atoms with van der Waals surface area (Å²) in [4.78, 5) is 12.7. The van der Waals surface area contributed by atoms with E-state index >= 15 is 0 Å². The maximum absolute atomic E-state index is 13.0. The number of Topliss-reactive ketones (excluding diaryl/α,β-unsaturated/α-hetero) is 1. The molecule has 1 heterocycles. The number of ketones is 1. The van der Waals surface area contributed by atoms with Gasteiger partial charge in [0.15, 0.2) is 5.78 Å². The van der Waals surface area contributed by atoms with Crippen LogP contribution in [0.1, 0.15) is 20.8 Å². The molecular weight excluding hydrogens is 251 g/mol. The van der Waals surface area contributed by atoms with Crippen LogP contribution in [0.5, 0.6) is 5.75 Å². The van der Waals surface area contributed by atoms with Crippen molar-refractivity contribution in [3.63, 3.8) is 0 Å². The highest BCUT2D eigenvalue weighted by Crippen LogP contribution is 2.23. The van der Waals surface area contributed by atoms with E-state index in [-0.39, 0.29) is 18.0 Å². The first kappa shape index (κ1) is 12.8. The van der Waals surface area contributed by atoms with Crippen LogP contribution < -0.4 is 4.74 Å². The van der Waals surface area contributed by atoms with Crippen LogP contribution in [0.15, 0.2) is 29.6 Å². The predicted molar refractivity (Wildman–Crippen MR) is 70.0 cm³/mol. The van der Waals surface area contributed by atoms with Crippen molar-refractivity contribution < 1.29 is 13.9 Å². The minimum absolute atomic E-state index is 0.0259. The van der Waals surface area contributed by atoms with Crippen molar-refractivity contribution in [3.05, 3.63) is 51.5 Å². The minimum Gasteiger partial charge on any atom is -0.496 e. The maximum Gasteiger partial charge on any atom is 0.177 e. The molecule has 1 aromatic carbocycles. The molecule has 0 radical (unpaired) electrons. The smallest absolute Gasteiger partial charge is 0.177 e. The van der Waals surface area contributed by atoms with Gasteiger partial charge in [0.1, 0.15) is 11.6 Å². The molecule has 2 aromatic rings. The van der Waals surface area contributed by atoms with Crippen LogP contribution in [0.4, 0.5) is 4.39 Å². The van der Waals surface area contributed by atoms with Gasteiger partial charge < -0.3 is 4.74 Å². The van der Waals surface area contributed by atoms with Crippen LogP contribution in [-0.4, -0.2) is 12.9 Å². The molecule has 0 fully saturated rings. The number of hydrogen-bond donors (Lipinski definition) is 0. The van der Waals surface area contributed by atoms with Gasteiger partial charge in [-0.1, -0.05) is 6.07 Å². The highest BCUT2D eigenvalue weighted by atomic mass is 32.1. The number of carbonyl (C=O) groups is 1. The molecule has 0 aliphatic rings. The number of carbonyl (C=O) groups excluding carboxylic acids is 1. The van der Waals surface area contributed by atoms with Crippen molar-refractivity contribution in [2.24, 2.45) is 0 Å². The molecule has 0 aliphatic carbocycles. The number of hydrogen-bond acceptors (Lipinski definition) is 3. The lowest BCUT2D eigenvalue weighted by Crippen LogP contribution is -2.03. The van der Waals surface area contributed by atoms with Gasteiger partial charge in [-0.3, -0.25) is 4.79 Å². The lowest BCUT2D eigenvalue weighted by Gasteiger charge is -2.04. The summed E-state index contributed by atoms with van der Waals surface area (Å²) in [5.74, 6) is 0.443. The normalized spacial score (nSPS) is 10.4. The Bertz CT molecular complexity index is 575. The van der Waals surface area contributed by atoms with Crippen LogP contribution in [0.25, 0.3) is 0 Å². The first-order valence-corrected chi connectivity index (χ1v) is 6.39. The van der Waals surface area contributed by atoms with Crippen molar-refractivity contribution in [2.75, 3.05) is 7.11 Å². The van der Waals surface area contributed by atoms with Gasteiger partial charge in [-0.2, -0.15) is 0 Å². The van der Waals surface area contributed by atoms with Gasteiger partial charge in [0.05, 0.1) is 12.0 Å². The van der Waals surface area contributed by atoms with Gasteiger partial charge in [-0.05, 0) is 30.2 Å². The Morgan fingerprint density at radius 1 is 1.39 bits per heavy atom. The summed E-state index contributed by atoms with van der Waals surface area (Å²) in [6, 6.07) is 6.21. The lowest BCUT2D eigenvalue weighted by atomic mass is 10.0. The van der Waals surface area contributed by atoms with Gasteiger partial charge in [-0.15, -0.1) is 11.3 Å². The Morgan fingerprint density at radius 3 is 2.78 bits per heavy atom. The van der Waals surface area contributed by atoms with Crippen LogP contribution in [0.3, 0.4) is 0 Å². The molecule has 0 saturated heterocycles. The molecule has 18 heavy (non-hydrogen) atoms. The number of halogens is 1. The fraction of sp³-hybridized carbons (Fsp3) is 0.214. The van der Waals surface area contributed by atoms with E-state index in [9.17, 15) is 9.18 Å². The summed E-state index contributed by atoms with van der Waals surface area (Å²) in [6.45, 7) is 1.81. The minimum atomic E-state index is -0.276. The zero-order valence-electron chi connectivity index (χ0n) is 10.2. The molecule has 0 spiro atoms. The van der Waals surface area contributed by atoms with Gasteiger partial charge in [-0.25, -0.2) is 4.39 Å². The zero-order valence-corrected chi connectivity index (χ0v) is 11.0. The summed E-state index contributed by atoms with van der Waals surface area (Å²) in [7, 11) is 1.57. The van der Waals surface area contributed by atoms with Crippen LogP contribution >= 0.6 is 11.3 Å². The molecule has 94 valence electrons. The number of benzene rings is 1. The summed E-state index contributed by atoms with van der Waals surface area (Å²) >= 11 is 1.36. The largest absolute Gasteiger partial charge is 0.496 e. The summed E-state index contributed by atoms with van der Waals surface area (Å²) in [5.41, 5.74) is 1.65. The van der Waals surface area contributed by atoms with Crippen molar-refractivity contribution in [1.29, 1.82) is 0 Å². The molecule has 1 aromatic heterocycles. The highest BCUT2D eigenvalue weighted by molar-refractivity contribution is 7.12. The van der Waals surface area contributed by atoms with Crippen molar-refractivity contribution in [2.45, 2.75) is 13.3 Å². The van der Waals surface area contributed by atoms with Crippen LogP contribution in [0.2, 0.25) is 0 Å².